The van der Waals surface area contributed by atoms with E-state index in [1.807, 2.05) is 0 Å². The molecule has 2 aliphatic rings. The molecule has 1 saturated heterocycles. The molecule has 1 aromatic heterocycles. The summed E-state index contributed by atoms with van der Waals surface area (Å²) in [4.78, 5) is 17.8. The highest BCUT2D eigenvalue weighted by molar-refractivity contribution is 5.85. The normalized spacial score (nSPS) is 24.8. The van der Waals surface area contributed by atoms with Crippen LogP contribution in [0.15, 0.2) is 24.3 Å². The number of nitrogens with one attached hydrogen (secondary N) is 1. The molecule has 0 spiro atoms. The predicted octanol–water partition coefficient (Wildman–Crippen LogP) is 3.04. The Morgan fingerprint density at radius 1 is 1.36 bits per heavy atom. The second kappa shape index (κ2) is 5.43. The number of piperidine rings is 1. The summed E-state index contributed by atoms with van der Waals surface area (Å²) in [6, 6.07) is 9.01. The minimum absolute atomic E-state index is 0.0777. The minimum Gasteiger partial charge on any atom is -0.469 e. The van der Waals surface area contributed by atoms with Crippen LogP contribution in [0.3, 0.4) is 0 Å². The number of para-hydroxylation sites is 1. The van der Waals surface area contributed by atoms with Gasteiger partial charge in [-0.05, 0) is 43.4 Å². The Labute approximate surface area is 130 Å². The molecule has 1 aromatic carbocycles. The molecule has 0 saturated carbocycles. The number of hydrogen-bond acceptors (Lipinski definition) is 3. The first-order valence-corrected chi connectivity index (χ1v) is 8.16. The number of carbonyl (C=O) groups is 1. The van der Waals surface area contributed by atoms with E-state index in [9.17, 15) is 4.79 Å². The Hall–Kier alpha value is -1.81. The molecule has 0 amide bonds. The van der Waals surface area contributed by atoms with Gasteiger partial charge in [-0.2, -0.15) is 0 Å². The molecule has 1 N–H and O–H groups in total. The van der Waals surface area contributed by atoms with Crippen molar-refractivity contribution in [1.29, 1.82) is 0 Å². The summed E-state index contributed by atoms with van der Waals surface area (Å²) in [6.07, 6.45) is 3.82. The Morgan fingerprint density at radius 3 is 3.09 bits per heavy atom. The summed E-state index contributed by atoms with van der Waals surface area (Å²) in [5, 5.41) is 1.37. The molecule has 22 heavy (non-hydrogen) atoms. The summed E-state index contributed by atoms with van der Waals surface area (Å²) in [6.45, 7) is 2.21. The summed E-state index contributed by atoms with van der Waals surface area (Å²) < 4.78 is 4.85. The summed E-state index contributed by atoms with van der Waals surface area (Å²) in [5.41, 5.74) is 4.10. The van der Waals surface area contributed by atoms with E-state index >= 15 is 0 Å². The predicted molar refractivity (Wildman–Crippen MR) is 85.7 cm³/mol. The van der Waals surface area contributed by atoms with Gasteiger partial charge < -0.3 is 9.72 Å². The van der Waals surface area contributed by atoms with E-state index in [1.165, 1.54) is 29.3 Å². The van der Waals surface area contributed by atoms with Crippen molar-refractivity contribution in [3.05, 3.63) is 35.5 Å². The van der Waals surface area contributed by atoms with Gasteiger partial charge in [0.25, 0.3) is 0 Å². The molecule has 1 fully saturated rings. The van der Waals surface area contributed by atoms with Crippen LogP contribution < -0.4 is 0 Å². The first-order valence-electron chi connectivity index (χ1n) is 8.16. The first-order chi connectivity index (χ1) is 10.8. The highest BCUT2D eigenvalue weighted by Crippen LogP contribution is 2.41. The third-order valence-corrected chi connectivity index (χ3v) is 5.33. The first kappa shape index (κ1) is 13.8. The average Bonchev–Trinajstić information content (AvgIpc) is 2.94. The summed E-state index contributed by atoms with van der Waals surface area (Å²) in [7, 11) is 1.48. The van der Waals surface area contributed by atoms with Gasteiger partial charge in [-0.25, -0.2) is 0 Å². The van der Waals surface area contributed by atoms with E-state index in [0.717, 1.165) is 32.4 Å². The maximum atomic E-state index is 11.6. The van der Waals surface area contributed by atoms with Crippen molar-refractivity contribution in [3.8, 4) is 0 Å². The maximum Gasteiger partial charge on any atom is 0.305 e. The Balaban J connectivity index is 1.65. The number of esters is 1. The van der Waals surface area contributed by atoms with E-state index in [-0.39, 0.29) is 5.97 Å². The fraction of sp³-hybridized carbons (Fsp3) is 0.500. The zero-order chi connectivity index (χ0) is 15.1. The molecule has 0 radical (unpaired) electrons. The number of benzene rings is 1. The van der Waals surface area contributed by atoms with Crippen molar-refractivity contribution >= 4 is 16.9 Å². The molecule has 2 aromatic rings. The maximum absolute atomic E-state index is 11.6. The molecule has 4 nitrogen and oxygen atoms in total. The minimum atomic E-state index is -0.0777. The van der Waals surface area contributed by atoms with E-state index in [1.54, 1.807) is 0 Å². The number of fused-ring (bicyclic) bond motifs is 5. The highest BCUT2D eigenvalue weighted by Gasteiger charge is 2.36. The van der Waals surface area contributed by atoms with Crippen LogP contribution >= 0.6 is 0 Å². The van der Waals surface area contributed by atoms with Gasteiger partial charge in [-0.1, -0.05) is 18.2 Å². The second-order valence-electron chi connectivity index (χ2n) is 6.54. The van der Waals surface area contributed by atoms with Crippen molar-refractivity contribution in [1.82, 2.24) is 9.88 Å². The van der Waals surface area contributed by atoms with E-state index in [2.05, 4.69) is 34.1 Å². The Kier molecular flexibility index (Phi) is 3.41. The van der Waals surface area contributed by atoms with E-state index in [4.69, 9.17) is 4.74 Å². The number of aromatic amines is 1. The zero-order valence-electron chi connectivity index (χ0n) is 13.0. The third-order valence-electron chi connectivity index (χ3n) is 5.33. The highest BCUT2D eigenvalue weighted by atomic mass is 16.5. The smallest absolute Gasteiger partial charge is 0.305 e. The SMILES string of the molecule is COC(=O)C[C@@H]1CCN2CCc3c([nH]c4ccccc34)[C@@H]2C1. The number of nitrogens with zero attached hydrogens (tertiary/aromatic N) is 1. The number of hydrogen-bond donors (Lipinski definition) is 1. The molecule has 2 atom stereocenters. The Morgan fingerprint density at radius 2 is 2.23 bits per heavy atom. The van der Waals surface area contributed by atoms with Crippen molar-refractivity contribution < 1.29 is 9.53 Å². The molecule has 2 aliphatic heterocycles. The molecule has 0 unspecified atom stereocenters. The lowest BCUT2D eigenvalue weighted by atomic mass is 9.83. The fourth-order valence-corrected chi connectivity index (χ4v) is 4.19. The second-order valence-corrected chi connectivity index (χ2v) is 6.54. The monoisotopic (exact) mass is 298 g/mol. The summed E-state index contributed by atoms with van der Waals surface area (Å²) in [5.74, 6) is 0.359. The van der Waals surface area contributed by atoms with E-state index < -0.39 is 0 Å². The molecule has 4 rings (SSSR count). The quantitative estimate of drug-likeness (QED) is 0.867. The van der Waals surface area contributed by atoms with Gasteiger partial charge in [0.15, 0.2) is 0 Å². The van der Waals surface area contributed by atoms with Crippen molar-refractivity contribution in [2.45, 2.75) is 31.7 Å². The lowest BCUT2D eigenvalue weighted by molar-refractivity contribution is -0.142. The average molecular weight is 298 g/mol. The van der Waals surface area contributed by atoms with Gasteiger partial charge in [0.05, 0.1) is 13.2 Å². The number of carbonyl (C=O) groups excluding carboxylic acids is 1. The largest absolute Gasteiger partial charge is 0.469 e. The van der Waals surface area contributed by atoms with Crippen LogP contribution in [0.4, 0.5) is 0 Å². The van der Waals surface area contributed by atoms with Gasteiger partial charge in [-0.3, -0.25) is 9.69 Å². The van der Waals surface area contributed by atoms with E-state index in [0.29, 0.717) is 18.4 Å². The van der Waals surface area contributed by atoms with Crippen LogP contribution in [0, 0.1) is 5.92 Å². The van der Waals surface area contributed by atoms with Gasteiger partial charge in [0.2, 0.25) is 0 Å². The molecule has 116 valence electrons. The van der Waals surface area contributed by atoms with Crippen LogP contribution in [-0.4, -0.2) is 36.1 Å². The van der Waals surface area contributed by atoms with Crippen molar-refractivity contribution in [2.75, 3.05) is 20.2 Å². The molecule has 4 heteroatoms. The van der Waals surface area contributed by atoms with Crippen LogP contribution in [0.25, 0.3) is 10.9 Å². The number of methoxy groups -OCH3 is 1. The molecular formula is C18H22N2O2. The molecular weight excluding hydrogens is 276 g/mol. The van der Waals surface area contributed by atoms with Crippen LogP contribution in [0.5, 0.6) is 0 Å². The lowest BCUT2D eigenvalue weighted by Crippen LogP contribution is -2.41. The lowest BCUT2D eigenvalue weighted by Gasteiger charge is -2.42. The zero-order valence-corrected chi connectivity index (χ0v) is 13.0. The molecule has 0 aliphatic carbocycles. The number of ether oxygens (including phenoxy) is 1. The van der Waals surface area contributed by atoms with Gasteiger partial charge in [0, 0.05) is 29.6 Å². The van der Waals surface area contributed by atoms with Crippen LogP contribution in [0.1, 0.15) is 36.6 Å². The standard InChI is InChI=1S/C18H22N2O2/c1-22-17(21)11-12-6-8-20-9-7-14-13-4-2-3-5-15(13)19-18(14)16(20)10-12/h2-5,12,16,19H,6-11H2,1H3/t12-,16+/m1/s1. The summed E-state index contributed by atoms with van der Waals surface area (Å²) >= 11 is 0. The van der Waals surface area contributed by atoms with Crippen LogP contribution in [0.2, 0.25) is 0 Å². The van der Waals surface area contributed by atoms with Crippen molar-refractivity contribution in [2.24, 2.45) is 5.92 Å². The molecule has 3 heterocycles. The number of rotatable bonds is 2. The number of H-pyrrole nitrogens is 1. The van der Waals surface area contributed by atoms with Gasteiger partial charge in [0.1, 0.15) is 0 Å². The van der Waals surface area contributed by atoms with Gasteiger partial charge >= 0.3 is 5.97 Å². The topological polar surface area (TPSA) is 45.3 Å². The van der Waals surface area contributed by atoms with Crippen molar-refractivity contribution in [3.63, 3.8) is 0 Å². The third kappa shape index (κ3) is 2.22. The van der Waals surface area contributed by atoms with Gasteiger partial charge in [-0.15, -0.1) is 0 Å². The number of aromatic nitrogens is 1. The van der Waals surface area contributed by atoms with Crippen LogP contribution in [-0.2, 0) is 16.0 Å². The fourth-order valence-electron chi connectivity index (χ4n) is 4.19. The molecule has 0 bridgehead atoms. The Bertz CT molecular complexity index is 706.